The fraction of sp³-hybridized carbons (Fsp3) is 0.500. The Hall–Kier alpha value is -1.35. The van der Waals surface area contributed by atoms with Gasteiger partial charge in [0.2, 0.25) is 5.91 Å². The molecule has 0 bridgehead atoms. The molecular formula is C14H22N2O. The van der Waals surface area contributed by atoms with Crippen molar-refractivity contribution in [2.45, 2.75) is 39.3 Å². The number of nitrogens with one attached hydrogen (secondary N) is 1. The van der Waals surface area contributed by atoms with Crippen molar-refractivity contribution in [1.82, 2.24) is 5.32 Å². The molecule has 0 fully saturated rings. The van der Waals surface area contributed by atoms with Crippen molar-refractivity contribution in [1.29, 1.82) is 0 Å². The summed E-state index contributed by atoms with van der Waals surface area (Å²) in [6.07, 6.45) is 0.911. The third-order valence-corrected chi connectivity index (χ3v) is 3.22. The largest absolute Gasteiger partial charge is 0.348 e. The normalized spacial score (nSPS) is 16.0. The van der Waals surface area contributed by atoms with Crippen molar-refractivity contribution in [3.8, 4) is 0 Å². The van der Waals surface area contributed by atoms with E-state index in [1.807, 2.05) is 51.1 Å². The first-order chi connectivity index (χ1) is 8.06. The summed E-state index contributed by atoms with van der Waals surface area (Å²) in [6, 6.07) is 9.46. The molecule has 0 aliphatic carbocycles. The maximum absolute atomic E-state index is 11.9. The van der Waals surface area contributed by atoms with Crippen LogP contribution in [0.2, 0.25) is 0 Å². The van der Waals surface area contributed by atoms with Crippen LogP contribution in [0.4, 0.5) is 0 Å². The summed E-state index contributed by atoms with van der Waals surface area (Å²) in [5.74, 6) is 0.133. The number of carbonyl (C=O) groups excluding carboxylic acids is 1. The second kappa shape index (κ2) is 6.40. The van der Waals surface area contributed by atoms with Gasteiger partial charge in [0.15, 0.2) is 0 Å². The van der Waals surface area contributed by atoms with Crippen LogP contribution in [0.15, 0.2) is 30.3 Å². The van der Waals surface area contributed by atoms with Gasteiger partial charge < -0.3 is 11.1 Å². The molecule has 17 heavy (non-hydrogen) atoms. The van der Waals surface area contributed by atoms with Gasteiger partial charge in [-0.15, -0.1) is 0 Å². The Bertz CT molecular complexity index is 350. The van der Waals surface area contributed by atoms with Gasteiger partial charge in [-0.25, -0.2) is 0 Å². The number of amides is 1. The van der Waals surface area contributed by atoms with E-state index in [1.54, 1.807) is 0 Å². The Labute approximate surface area is 103 Å². The second-order valence-corrected chi connectivity index (χ2v) is 4.55. The van der Waals surface area contributed by atoms with Crippen LogP contribution in [0.25, 0.3) is 0 Å². The zero-order valence-corrected chi connectivity index (χ0v) is 10.8. The fourth-order valence-electron chi connectivity index (χ4n) is 1.65. The van der Waals surface area contributed by atoms with Gasteiger partial charge in [-0.1, -0.05) is 50.6 Å². The van der Waals surface area contributed by atoms with Crippen molar-refractivity contribution in [3.63, 3.8) is 0 Å². The minimum Gasteiger partial charge on any atom is -0.348 e. The summed E-state index contributed by atoms with van der Waals surface area (Å²) in [5, 5.41) is 2.95. The lowest BCUT2D eigenvalue weighted by Crippen LogP contribution is -2.45. The molecule has 3 nitrogen and oxygen atoms in total. The SMILES string of the molecule is CC[C@@H](C)[C@@H](N)C(=O)N[C@H](C)c1ccccc1. The van der Waals surface area contributed by atoms with Crippen molar-refractivity contribution in [2.75, 3.05) is 0 Å². The lowest BCUT2D eigenvalue weighted by Gasteiger charge is -2.21. The lowest BCUT2D eigenvalue weighted by atomic mass is 9.98. The Morgan fingerprint density at radius 3 is 2.41 bits per heavy atom. The van der Waals surface area contributed by atoms with Crippen molar-refractivity contribution in [2.24, 2.45) is 11.7 Å². The molecule has 0 heterocycles. The summed E-state index contributed by atoms with van der Waals surface area (Å²) in [5.41, 5.74) is 6.98. The molecule has 0 spiro atoms. The molecule has 3 heteroatoms. The highest BCUT2D eigenvalue weighted by Gasteiger charge is 2.20. The molecule has 1 aromatic rings. The number of benzene rings is 1. The van der Waals surface area contributed by atoms with Crippen LogP contribution >= 0.6 is 0 Å². The maximum Gasteiger partial charge on any atom is 0.237 e. The number of hydrogen-bond donors (Lipinski definition) is 2. The molecule has 0 saturated carbocycles. The predicted octanol–water partition coefficient (Wildman–Crippen LogP) is 2.24. The molecule has 0 aliphatic heterocycles. The first-order valence-corrected chi connectivity index (χ1v) is 6.17. The topological polar surface area (TPSA) is 55.1 Å². The smallest absolute Gasteiger partial charge is 0.237 e. The number of rotatable bonds is 5. The molecule has 3 N–H and O–H groups in total. The molecule has 0 aliphatic rings. The molecule has 94 valence electrons. The van der Waals surface area contributed by atoms with E-state index in [2.05, 4.69) is 5.32 Å². The van der Waals surface area contributed by atoms with E-state index in [4.69, 9.17) is 5.73 Å². The molecule has 1 amide bonds. The summed E-state index contributed by atoms with van der Waals surface area (Å²) in [4.78, 5) is 11.9. The van der Waals surface area contributed by atoms with Gasteiger partial charge in [0, 0.05) is 0 Å². The maximum atomic E-state index is 11.9. The highest BCUT2D eigenvalue weighted by atomic mass is 16.2. The third-order valence-electron chi connectivity index (χ3n) is 3.22. The molecular weight excluding hydrogens is 212 g/mol. The van der Waals surface area contributed by atoms with Gasteiger partial charge in [-0.2, -0.15) is 0 Å². The number of carbonyl (C=O) groups is 1. The third kappa shape index (κ3) is 3.86. The Morgan fingerprint density at radius 1 is 1.29 bits per heavy atom. The molecule has 1 rings (SSSR count). The van der Waals surface area contributed by atoms with E-state index in [9.17, 15) is 4.79 Å². The van der Waals surface area contributed by atoms with E-state index >= 15 is 0 Å². The molecule has 0 radical (unpaired) electrons. The lowest BCUT2D eigenvalue weighted by molar-refractivity contribution is -0.124. The van der Waals surface area contributed by atoms with Crippen LogP contribution in [0, 0.1) is 5.92 Å². The van der Waals surface area contributed by atoms with Gasteiger partial charge in [0.25, 0.3) is 0 Å². The standard InChI is InChI=1S/C14H22N2O/c1-4-10(2)13(15)14(17)16-11(3)12-8-6-5-7-9-12/h5-11,13H,4,15H2,1-3H3,(H,16,17)/t10-,11-,13-/m1/s1. The first-order valence-electron chi connectivity index (χ1n) is 6.17. The van der Waals surface area contributed by atoms with Crippen molar-refractivity contribution < 1.29 is 4.79 Å². The zero-order valence-electron chi connectivity index (χ0n) is 10.8. The summed E-state index contributed by atoms with van der Waals surface area (Å²) in [7, 11) is 0. The molecule has 0 unspecified atom stereocenters. The van der Waals surface area contributed by atoms with Crippen molar-refractivity contribution in [3.05, 3.63) is 35.9 Å². The van der Waals surface area contributed by atoms with Crippen LogP contribution in [0.1, 0.15) is 38.8 Å². The molecule has 0 aromatic heterocycles. The second-order valence-electron chi connectivity index (χ2n) is 4.55. The van der Waals surface area contributed by atoms with Gasteiger partial charge >= 0.3 is 0 Å². The highest BCUT2D eigenvalue weighted by Crippen LogP contribution is 2.12. The Morgan fingerprint density at radius 2 is 1.88 bits per heavy atom. The average Bonchev–Trinajstić information content (AvgIpc) is 2.37. The van der Waals surface area contributed by atoms with Gasteiger partial charge in [0.05, 0.1) is 12.1 Å². The summed E-state index contributed by atoms with van der Waals surface area (Å²) in [6.45, 7) is 6.01. The average molecular weight is 234 g/mol. The monoisotopic (exact) mass is 234 g/mol. The Kier molecular flexibility index (Phi) is 5.16. The quantitative estimate of drug-likeness (QED) is 0.821. The predicted molar refractivity (Wildman–Crippen MR) is 70.4 cm³/mol. The van der Waals surface area contributed by atoms with Crippen LogP contribution in [-0.4, -0.2) is 11.9 Å². The number of hydrogen-bond acceptors (Lipinski definition) is 2. The van der Waals surface area contributed by atoms with Crippen LogP contribution in [0.5, 0.6) is 0 Å². The summed E-state index contributed by atoms with van der Waals surface area (Å²) >= 11 is 0. The van der Waals surface area contributed by atoms with E-state index in [-0.39, 0.29) is 17.9 Å². The van der Waals surface area contributed by atoms with Gasteiger partial charge in [-0.3, -0.25) is 4.79 Å². The molecule has 1 aromatic carbocycles. The van der Waals surface area contributed by atoms with E-state index in [0.29, 0.717) is 0 Å². The fourth-order valence-corrected chi connectivity index (χ4v) is 1.65. The minimum atomic E-state index is -0.425. The first kappa shape index (κ1) is 13.7. The van der Waals surface area contributed by atoms with E-state index < -0.39 is 6.04 Å². The number of nitrogens with two attached hydrogens (primary N) is 1. The van der Waals surface area contributed by atoms with Crippen molar-refractivity contribution >= 4 is 5.91 Å². The van der Waals surface area contributed by atoms with Crippen LogP contribution < -0.4 is 11.1 Å². The van der Waals surface area contributed by atoms with Crippen LogP contribution in [-0.2, 0) is 4.79 Å². The molecule has 3 atom stereocenters. The van der Waals surface area contributed by atoms with Gasteiger partial charge in [0.1, 0.15) is 0 Å². The zero-order chi connectivity index (χ0) is 12.8. The van der Waals surface area contributed by atoms with E-state index in [1.165, 1.54) is 0 Å². The summed E-state index contributed by atoms with van der Waals surface area (Å²) < 4.78 is 0. The minimum absolute atomic E-state index is 0.00111. The van der Waals surface area contributed by atoms with Crippen LogP contribution in [0.3, 0.4) is 0 Å². The highest BCUT2D eigenvalue weighted by molar-refractivity contribution is 5.82. The Balaban J connectivity index is 2.57. The van der Waals surface area contributed by atoms with E-state index in [0.717, 1.165) is 12.0 Å². The molecule has 0 saturated heterocycles. The van der Waals surface area contributed by atoms with Gasteiger partial charge in [-0.05, 0) is 18.4 Å².